The summed E-state index contributed by atoms with van der Waals surface area (Å²) in [5.74, 6) is -5.93. The zero-order valence-corrected chi connectivity index (χ0v) is 39.8. The second-order valence-electron chi connectivity index (χ2n) is 17.8. The minimum Gasteiger partial charge on any atom is -0.469 e. The third kappa shape index (κ3) is 20.0. The van der Waals surface area contributed by atoms with Gasteiger partial charge in [-0.05, 0) is 33.1 Å². The summed E-state index contributed by atoms with van der Waals surface area (Å²) < 4.78 is 28.4. The van der Waals surface area contributed by atoms with Crippen molar-refractivity contribution in [2.45, 2.75) is 177 Å². The number of aliphatic hydroxyl groups excluding tert-OH is 9. The number of carbonyl (C=O) groups excluding carboxylic acids is 2. The molecule has 2 saturated heterocycles. The lowest BCUT2D eigenvalue weighted by Gasteiger charge is -2.45. The van der Waals surface area contributed by atoms with Crippen molar-refractivity contribution in [2.24, 2.45) is 23.5 Å². The molecule has 0 aromatic heterocycles. The molecule has 382 valence electrons. The maximum Gasteiger partial charge on any atom is 0.313 e. The number of aliphatic hydroxyl groups is 10. The molecule has 19 heteroatoms. The Morgan fingerprint density at radius 3 is 1.82 bits per heavy atom. The van der Waals surface area contributed by atoms with Crippen LogP contribution in [0.3, 0.4) is 0 Å². The Bertz CT molecular complexity index is 1690. The van der Waals surface area contributed by atoms with E-state index in [1.165, 1.54) is 0 Å². The molecule has 3 heterocycles. The molecule has 0 aromatic carbocycles. The zero-order valence-electron chi connectivity index (χ0n) is 38.9. The van der Waals surface area contributed by atoms with Crippen LogP contribution in [0.5, 0.6) is 0 Å². The molecule has 0 spiro atoms. The number of rotatable bonds is 3. The quantitative estimate of drug-likeness (QED) is 0.177. The van der Waals surface area contributed by atoms with Gasteiger partial charge in [-0.3, -0.25) is 9.59 Å². The smallest absolute Gasteiger partial charge is 0.313 e. The Morgan fingerprint density at radius 2 is 1.24 bits per heavy atom. The van der Waals surface area contributed by atoms with Crippen molar-refractivity contribution in [1.29, 1.82) is 0 Å². The van der Waals surface area contributed by atoms with Crippen LogP contribution in [0.1, 0.15) is 79.1 Å². The first kappa shape index (κ1) is 60.0. The minimum absolute atomic E-state index is 0. The topological polar surface area (TPSA) is 309 Å². The van der Waals surface area contributed by atoms with Crippen molar-refractivity contribution in [2.75, 3.05) is 7.11 Å². The molecule has 0 aliphatic carbocycles. The first-order valence-electron chi connectivity index (χ1n) is 22.7. The number of allylic oxidation sites excluding steroid dienone is 12. The number of fused-ring (bicyclic) bond motifs is 2. The van der Waals surface area contributed by atoms with E-state index in [4.69, 9.17) is 29.4 Å². The molecule has 3 aliphatic heterocycles. The van der Waals surface area contributed by atoms with Crippen molar-refractivity contribution in [3.63, 3.8) is 0 Å². The molecule has 3 aliphatic rings. The molecule has 0 amide bonds. The molecule has 3 rings (SSSR count). The molecule has 2 fully saturated rings. The van der Waals surface area contributed by atoms with Crippen LogP contribution in [-0.2, 0) is 33.3 Å². The predicted molar refractivity (Wildman–Crippen MR) is 249 cm³/mol. The fraction of sp³-hybridized carbons (Fsp3) is 0.667. The highest BCUT2D eigenvalue weighted by Gasteiger charge is 2.51. The van der Waals surface area contributed by atoms with Crippen LogP contribution in [0.4, 0.5) is 0 Å². The van der Waals surface area contributed by atoms with Gasteiger partial charge in [0.05, 0.1) is 86.7 Å². The average Bonchev–Trinajstić information content (AvgIpc) is 3.24. The predicted octanol–water partition coefficient (Wildman–Crippen LogP) is 1.22. The number of cyclic esters (lactones) is 1. The summed E-state index contributed by atoms with van der Waals surface area (Å²) in [6.45, 7) is 6.78. The van der Waals surface area contributed by atoms with Gasteiger partial charge in [0, 0.05) is 37.5 Å². The number of ether oxygens (including phenoxy) is 5. The van der Waals surface area contributed by atoms with E-state index in [1.807, 2.05) is 37.3 Å². The number of carbonyl (C=O) groups is 2. The molecule has 0 unspecified atom stereocenters. The second-order valence-corrected chi connectivity index (χ2v) is 17.8. The average molecular weight is 975 g/mol. The molecule has 19 atom stereocenters. The van der Waals surface area contributed by atoms with Crippen LogP contribution in [0.25, 0.3) is 0 Å². The van der Waals surface area contributed by atoms with Crippen molar-refractivity contribution < 1.29 is 84.3 Å². The van der Waals surface area contributed by atoms with Crippen LogP contribution < -0.4 is 5.73 Å². The molecule has 0 aromatic rings. The fourth-order valence-electron chi connectivity index (χ4n) is 8.09. The summed E-state index contributed by atoms with van der Waals surface area (Å²) in [4.78, 5) is 25.7. The highest BCUT2D eigenvalue weighted by Crippen LogP contribution is 2.38. The van der Waals surface area contributed by atoms with Crippen LogP contribution in [-0.4, -0.2) is 168 Å². The second kappa shape index (κ2) is 29.8. The van der Waals surface area contributed by atoms with Gasteiger partial charge in [0.2, 0.25) is 0 Å². The van der Waals surface area contributed by atoms with Gasteiger partial charge in [0.1, 0.15) is 18.1 Å². The molecular formula is C48H76ClNO17. The van der Waals surface area contributed by atoms with E-state index in [2.05, 4.69) is 0 Å². The van der Waals surface area contributed by atoms with Crippen molar-refractivity contribution in [1.82, 2.24) is 0 Å². The first-order chi connectivity index (χ1) is 31.2. The summed E-state index contributed by atoms with van der Waals surface area (Å²) in [7, 11) is 1.12. The molecule has 18 nitrogen and oxygen atoms in total. The number of halogens is 1. The molecule has 67 heavy (non-hydrogen) atoms. The minimum atomic E-state index is -2.27. The molecule has 2 bridgehead atoms. The Hall–Kier alpha value is -3.15. The van der Waals surface area contributed by atoms with Crippen LogP contribution in [0.2, 0.25) is 0 Å². The lowest BCUT2D eigenvalue weighted by Crippen LogP contribution is -2.61. The number of nitrogens with two attached hydrogens (primary N) is 1. The summed E-state index contributed by atoms with van der Waals surface area (Å²) in [6, 6.07) is -1.13. The molecule has 12 N–H and O–H groups in total. The first-order valence-corrected chi connectivity index (χ1v) is 22.7. The van der Waals surface area contributed by atoms with Crippen LogP contribution >= 0.6 is 12.4 Å². The van der Waals surface area contributed by atoms with Crippen LogP contribution in [0.15, 0.2) is 85.1 Å². The van der Waals surface area contributed by atoms with E-state index in [1.54, 1.807) is 75.5 Å². The van der Waals surface area contributed by atoms with Gasteiger partial charge in [0.25, 0.3) is 0 Å². The molecule has 0 saturated carbocycles. The maximum absolute atomic E-state index is 13.1. The normalized spacial score (nSPS) is 44.3. The number of hydrogen-bond acceptors (Lipinski definition) is 18. The maximum atomic E-state index is 13.1. The van der Waals surface area contributed by atoms with E-state index in [-0.39, 0.29) is 44.0 Å². The van der Waals surface area contributed by atoms with Crippen LogP contribution in [0, 0.1) is 17.8 Å². The highest BCUT2D eigenvalue weighted by atomic mass is 35.5. The summed E-state index contributed by atoms with van der Waals surface area (Å²) in [6.07, 6.45) is 4.50. The number of methoxy groups -OCH3 is 1. The summed E-state index contributed by atoms with van der Waals surface area (Å²) in [5, 5.41) is 109. The fourth-order valence-corrected chi connectivity index (χ4v) is 8.09. The molecular weight excluding hydrogens is 898 g/mol. The van der Waals surface area contributed by atoms with Gasteiger partial charge in [-0.2, -0.15) is 0 Å². The lowest BCUT2D eigenvalue weighted by atomic mass is 9.82. The van der Waals surface area contributed by atoms with E-state index in [0.717, 1.165) is 7.11 Å². The molecule has 0 radical (unpaired) electrons. The van der Waals surface area contributed by atoms with E-state index < -0.39 is 147 Å². The third-order valence-electron chi connectivity index (χ3n) is 12.2. The highest BCUT2D eigenvalue weighted by molar-refractivity contribution is 5.85. The standard InChI is InChI=1S/C48H75NO17.ClH/c1-28-18-16-14-12-10-8-6-7-9-11-13-15-17-19-35(65-47-45(59)42(49)44(58)31(4)64-47)25-39-41(46(60)62-5)38(55)27-48(61,66-39)26-34(52)23-37(54)36(53)21-20-32(50)22-33(51)24-40(56)63-30(3)29(2)43(28)57;/h6-19,28-39,41-45,47,50-55,57-59,61H,20-27,49H2,1-5H3;1H/b7-6+,10-8+,11-9+,14-12+,15-13+,18-16+,19-17+;/t28-,29-,30-,31+,32+,33+,34-,35-,36+,37+,38-,39-,41+,42-,43+,44+,45-,47-,48+;/m0./s1. The summed E-state index contributed by atoms with van der Waals surface area (Å²) in [5.41, 5.74) is 6.05. The van der Waals surface area contributed by atoms with Gasteiger partial charge >= 0.3 is 11.9 Å². The van der Waals surface area contributed by atoms with Gasteiger partial charge in [-0.15, -0.1) is 12.4 Å². The van der Waals surface area contributed by atoms with Gasteiger partial charge in [-0.1, -0.05) is 98.9 Å². The van der Waals surface area contributed by atoms with E-state index in [0.29, 0.717) is 0 Å². The zero-order chi connectivity index (χ0) is 49.1. The Morgan fingerprint density at radius 1 is 0.672 bits per heavy atom. The van der Waals surface area contributed by atoms with Gasteiger partial charge < -0.3 is 80.5 Å². The van der Waals surface area contributed by atoms with Crippen molar-refractivity contribution in [3.05, 3.63) is 85.1 Å². The monoisotopic (exact) mass is 973 g/mol. The largest absolute Gasteiger partial charge is 0.469 e. The van der Waals surface area contributed by atoms with Gasteiger partial charge in [0.15, 0.2) is 12.1 Å². The lowest BCUT2D eigenvalue weighted by molar-refractivity contribution is -0.308. The Balaban J connectivity index is 0.0000154. The van der Waals surface area contributed by atoms with E-state index in [9.17, 15) is 60.7 Å². The van der Waals surface area contributed by atoms with Gasteiger partial charge in [-0.25, -0.2) is 0 Å². The van der Waals surface area contributed by atoms with Crippen molar-refractivity contribution >= 4 is 24.3 Å². The Labute approximate surface area is 399 Å². The van der Waals surface area contributed by atoms with E-state index >= 15 is 0 Å². The Kier molecular flexibility index (Phi) is 26.7. The number of esters is 2. The van der Waals surface area contributed by atoms with Crippen molar-refractivity contribution in [3.8, 4) is 0 Å². The number of hydrogen-bond donors (Lipinski definition) is 11. The summed E-state index contributed by atoms with van der Waals surface area (Å²) >= 11 is 0. The third-order valence-corrected chi connectivity index (χ3v) is 12.2. The SMILES string of the molecule is COC(=O)[C@H]1[C@@H]2C[C@@H](O[C@@H]3O[C@H](C)[C@@H](O)[C@H](N)[C@@H]3O)/C=C/C=C/C=C/C=C/C=C/C=C/C=C/[C@H](C)[C@@H](O)[C@@H](C)[C@H](C)OC(=O)C[C@H](O)C[C@H](O)CC[C@@H](O)[C@H](O)C[C@H](O)C[C@](O)(C[C@@H]1O)O2.Cl.